The van der Waals surface area contributed by atoms with Gasteiger partial charge in [0.25, 0.3) is 5.91 Å². The minimum absolute atomic E-state index is 0.0297. The van der Waals surface area contributed by atoms with E-state index < -0.39 is 0 Å². The van der Waals surface area contributed by atoms with E-state index in [1.54, 1.807) is 0 Å². The number of rotatable bonds is 8. The van der Waals surface area contributed by atoms with Crippen LogP contribution in [0.4, 0.5) is 5.69 Å². The molecule has 0 aromatic heterocycles. The molecule has 2 fully saturated rings. The molecule has 7 heteroatoms. The van der Waals surface area contributed by atoms with Crippen molar-refractivity contribution in [3.8, 4) is 5.75 Å². The SMILES string of the molecule is CN1CCC(Oc2ccc(C(=O)Nc3ccc(CCN4CCC(C(N)=O)CC4)cc3)cc2)CC1. The topological polar surface area (TPSA) is 87.9 Å². The molecule has 0 atom stereocenters. The Morgan fingerprint density at radius 3 is 2.21 bits per heavy atom. The first kappa shape index (κ1) is 24.2. The van der Waals surface area contributed by atoms with E-state index in [1.165, 1.54) is 5.56 Å². The molecule has 2 heterocycles. The number of benzene rings is 2. The van der Waals surface area contributed by atoms with Gasteiger partial charge in [-0.25, -0.2) is 0 Å². The summed E-state index contributed by atoms with van der Waals surface area (Å²) < 4.78 is 6.07. The fourth-order valence-electron chi connectivity index (χ4n) is 4.67. The number of nitrogens with one attached hydrogen (secondary N) is 1. The third kappa shape index (κ3) is 6.81. The Kier molecular flexibility index (Phi) is 8.19. The predicted molar refractivity (Wildman–Crippen MR) is 134 cm³/mol. The Hall–Kier alpha value is -2.90. The zero-order valence-corrected chi connectivity index (χ0v) is 20.0. The molecular formula is C27H36N4O3. The number of piperidine rings is 2. The summed E-state index contributed by atoms with van der Waals surface area (Å²) >= 11 is 0. The van der Waals surface area contributed by atoms with Crippen LogP contribution in [0, 0.1) is 5.92 Å². The Balaban J connectivity index is 1.21. The van der Waals surface area contributed by atoms with Crippen LogP contribution in [0.3, 0.4) is 0 Å². The highest BCUT2D eigenvalue weighted by Crippen LogP contribution is 2.21. The first-order valence-electron chi connectivity index (χ1n) is 12.3. The average molecular weight is 465 g/mol. The summed E-state index contributed by atoms with van der Waals surface area (Å²) in [5, 5.41) is 2.97. The van der Waals surface area contributed by atoms with Gasteiger partial charge in [0.1, 0.15) is 11.9 Å². The van der Waals surface area contributed by atoms with Gasteiger partial charge in [-0.2, -0.15) is 0 Å². The molecule has 0 spiro atoms. The first-order chi connectivity index (χ1) is 16.5. The fourth-order valence-corrected chi connectivity index (χ4v) is 4.67. The molecule has 34 heavy (non-hydrogen) atoms. The predicted octanol–water partition coefficient (Wildman–Crippen LogP) is 3.15. The summed E-state index contributed by atoms with van der Waals surface area (Å²) in [5.74, 6) is 0.543. The summed E-state index contributed by atoms with van der Waals surface area (Å²) in [5.41, 5.74) is 8.03. The van der Waals surface area contributed by atoms with E-state index in [0.717, 1.165) is 76.3 Å². The summed E-state index contributed by atoms with van der Waals surface area (Å²) in [6.45, 7) is 4.91. The summed E-state index contributed by atoms with van der Waals surface area (Å²) in [4.78, 5) is 28.6. The fraction of sp³-hybridized carbons (Fsp3) is 0.481. The van der Waals surface area contributed by atoms with Crippen LogP contribution < -0.4 is 15.8 Å². The van der Waals surface area contributed by atoms with Crippen LogP contribution in [0.25, 0.3) is 0 Å². The van der Waals surface area contributed by atoms with Crippen LogP contribution in [0.15, 0.2) is 48.5 Å². The third-order valence-corrected chi connectivity index (χ3v) is 7.00. The van der Waals surface area contributed by atoms with Crippen LogP contribution in [-0.2, 0) is 11.2 Å². The lowest BCUT2D eigenvalue weighted by atomic mass is 9.96. The quantitative estimate of drug-likeness (QED) is 0.627. The number of nitrogens with two attached hydrogens (primary N) is 1. The second-order valence-corrected chi connectivity index (χ2v) is 9.56. The molecule has 0 bridgehead atoms. The van der Waals surface area contributed by atoms with E-state index in [2.05, 4.69) is 34.3 Å². The van der Waals surface area contributed by atoms with Crippen molar-refractivity contribution in [2.75, 3.05) is 45.1 Å². The van der Waals surface area contributed by atoms with Gasteiger partial charge in [-0.05, 0) is 94.2 Å². The van der Waals surface area contributed by atoms with Crippen molar-refractivity contribution >= 4 is 17.5 Å². The van der Waals surface area contributed by atoms with E-state index in [9.17, 15) is 9.59 Å². The van der Waals surface area contributed by atoms with Crippen LogP contribution in [0.1, 0.15) is 41.6 Å². The lowest BCUT2D eigenvalue weighted by Crippen LogP contribution is -2.39. The number of primary amides is 1. The molecule has 182 valence electrons. The third-order valence-electron chi connectivity index (χ3n) is 7.00. The van der Waals surface area contributed by atoms with Crippen LogP contribution in [0.5, 0.6) is 5.75 Å². The van der Waals surface area contributed by atoms with Crippen molar-refractivity contribution < 1.29 is 14.3 Å². The van der Waals surface area contributed by atoms with Crippen LogP contribution >= 0.6 is 0 Å². The summed E-state index contributed by atoms with van der Waals surface area (Å²) in [6, 6.07) is 15.4. The summed E-state index contributed by atoms with van der Waals surface area (Å²) in [7, 11) is 2.13. The van der Waals surface area contributed by atoms with E-state index in [1.807, 2.05) is 36.4 Å². The molecule has 0 aliphatic carbocycles. The minimum atomic E-state index is -0.172. The van der Waals surface area contributed by atoms with Crippen molar-refractivity contribution in [2.24, 2.45) is 11.7 Å². The van der Waals surface area contributed by atoms with Gasteiger partial charge in [0.15, 0.2) is 0 Å². The standard InChI is InChI=1S/C27H36N4O3/c1-30-15-13-25(14-16-30)34-24-8-4-22(5-9-24)27(33)29-23-6-2-20(3-7-23)10-17-31-18-11-21(12-19-31)26(28)32/h2-9,21,25H,10-19H2,1H3,(H2,28,32)(H,29,33). The first-order valence-corrected chi connectivity index (χ1v) is 12.3. The molecule has 0 saturated carbocycles. The molecule has 2 saturated heterocycles. The number of carbonyl (C=O) groups is 2. The van der Waals surface area contributed by atoms with Crippen molar-refractivity contribution in [3.05, 3.63) is 59.7 Å². The highest BCUT2D eigenvalue weighted by atomic mass is 16.5. The number of carbonyl (C=O) groups excluding carboxylic acids is 2. The molecule has 7 nitrogen and oxygen atoms in total. The number of likely N-dealkylation sites (tertiary alicyclic amines) is 2. The normalized spacial score (nSPS) is 18.5. The molecule has 0 radical (unpaired) electrons. The molecule has 2 aliphatic rings. The average Bonchev–Trinajstić information content (AvgIpc) is 2.85. The maximum atomic E-state index is 12.6. The summed E-state index contributed by atoms with van der Waals surface area (Å²) in [6.07, 6.45) is 4.95. The molecule has 2 amide bonds. The lowest BCUT2D eigenvalue weighted by Gasteiger charge is -2.30. The van der Waals surface area contributed by atoms with Gasteiger partial charge in [-0.3, -0.25) is 9.59 Å². The van der Waals surface area contributed by atoms with E-state index in [4.69, 9.17) is 10.5 Å². The molecule has 4 rings (SSSR count). The van der Waals surface area contributed by atoms with Crippen molar-refractivity contribution in [2.45, 2.75) is 38.2 Å². The van der Waals surface area contributed by atoms with Gasteiger partial charge in [0.05, 0.1) is 0 Å². The highest BCUT2D eigenvalue weighted by molar-refractivity contribution is 6.04. The zero-order valence-electron chi connectivity index (χ0n) is 20.0. The maximum absolute atomic E-state index is 12.6. The molecular weight excluding hydrogens is 428 g/mol. The van der Waals surface area contributed by atoms with E-state index >= 15 is 0 Å². The second-order valence-electron chi connectivity index (χ2n) is 9.56. The van der Waals surface area contributed by atoms with Crippen molar-refractivity contribution in [3.63, 3.8) is 0 Å². The van der Waals surface area contributed by atoms with Gasteiger partial charge in [-0.1, -0.05) is 12.1 Å². The second kappa shape index (κ2) is 11.5. The number of anilines is 1. The van der Waals surface area contributed by atoms with Crippen LogP contribution in [-0.4, -0.2) is 67.5 Å². The Labute approximate surface area is 202 Å². The van der Waals surface area contributed by atoms with Gasteiger partial charge in [0, 0.05) is 36.8 Å². The van der Waals surface area contributed by atoms with Crippen LogP contribution in [0.2, 0.25) is 0 Å². The highest BCUT2D eigenvalue weighted by Gasteiger charge is 2.22. The minimum Gasteiger partial charge on any atom is -0.490 e. The number of amides is 2. The zero-order chi connectivity index (χ0) is 23.9. The Bertz CT molecular complexity index is 945. The van der Waals surface area contributed by atoms with Gasteiger partial charge in [-0.15, -0.1) is 0 Å². The smallest absolute Gasteiger partial charge is 0.255 e. The number of nitrogens with zero attached hydrogens (tertiary/aromatic N) is 2. The van der Waals surface area contributed by atoms with Gasteiger partial charge < -0.3 is 25.6 Å². The molecule has 3 N–H and O–H groups in total. The van der Waals surface area contributed by atoms with Gasteiger partial charge in [0.2, 0.25) is 5.91 Å². The lowest BCUT2D eigenvalue weighted by molar-refractivity contribution is -0.123. The van der Waals surface area contributed by atoms with E-state index in [-0.39, 0.29) is 23.8 Å². The molecule has 2 aromatic carbocycles. The number of hydrogen-bond donors (Lipinski definition) is 2. The van der Waals surface area contributed by atoms with Crippen molar-refractivity contribution in [1.82, 2.24) is 9.80 Å². The largest absolute Gasteiger partial charge is 0.490 e. The molecule has 2 aliphatic heterocycles. The van der Waals surface area contributed by atoms with Gasteiger partial charge >= 0.3 is 0 Å². The number of ether oxygens (including phenoxy) is 1. The monoisotopic (exact) mass is 464 g/mol. The van der Waals surface area contributed by atoms with Crippen molar-refractivity contribution in [1.29, 1.82) is 0 Å². The Morgan fingerprint density at radius 2 is 1.59 bits per heavy atom. The number of hydrogen-bond acceptors (Lipinski definition) is 5. The van der Waals surface area contributed by atoms with E-state index in [0.29, 0.717) is 5.56 Å². The molecule has 2 aromatic rings. The Morgan fingerprint density at radius 1 is 0.941 bits per heavy atom. The molecule has 0 unspecified atom stereocenters. The maximum Gasteiger partial charge on any atom is 0.255 e.